The third-order valence-corrected chi connectivity index (χ3v) is 4.12. The highest BCUT2D eigenvalue weighted by atomic mass is 35.5. The molecule has 25 heavy (non-hydrogen) atoms. The molecule has 0 saturated heterocycles. The van der Waals surface area contributed by atoms with Crippen LogP contribution in [0.25, 0.3) is 16.0 Å². The first-order valence-electron chi connectivity index (χ1n) is 8.28. The predicted molar refractivity (Wildman–Crippen MR) is 103 cm³/mol. The van der Waals surface area contributed by atoms with Gasteiger partial charge in [-0.05, 0) is 45.9 Å². The second kappa shape index (κ2) is 8.26. The van der Waals surface area contributed by atoms with Gasteiger partial charge in [0.2, 0.25) is 5.91 Å². The summed E-state index contributed by atoms with van der Waals surface area (Å²) in [5, 5.41) is 1.33. The molecule has 0 fully saturated rings. The molecule has 0 aliphatic rings. The van der Waals surface area contributed by atoms with Gasteiger partial charge in [0.1, 0.15) is 5.76 Å². The number of benzene rings is 1. The highest BCUT2D eigenvalue weighted by Gasteiger charge is 2.17. The summed E-state index contributed by atoms with van der Waals surface area (Å²) in [6.45, 7) is 7.99. The Balaban J connectivity index is 2.20. The predicted octanol–water partition coefficient (Wildman–Crippen LogP) is 5.22. The number of methoxy groups -OCH3 is 1. The molecule has 1 amide bonds. The van der Waals surface area contributed by atoms with E-state index >= 15 is 0 Å². The van der Waals surface area contributed by atoms with Crippen LogP contribution in [0.4, 0.5) is 0 Å². The van der Waals surface area contributed by atoms with E-state index in [2.05, 4.69) is 0 Å². The number of furan rings is 1. The van der Waals surface area contributed by atoms with Gasteiger partial charge >= 0.3 is 0 Å². The summed E-state index contributed by atoms with van der Waals surface area (Å²) in [7, 11) is 1.60. The Morgan fingerprint density at radius 2 is 1.92 bits per heavy atom. The summed E-state index contributed by atoms with van der Waals surface area (Å²) < 4.78 is 11.1. The van der Waals surface area contributed by atoms with Crippen molar-refractivity contribution in [2.45, 2.75) is 39.8 Å². The second-order valence-corrected chi connectivity index (χ2v) is 6.70. The Morgan fingerprint density at radius 3 is 2.52 bits per heavy atom. The molecule has 0 aliphatic heterocycles. The monoisotopic (exact) mass is 361 g/mol. The minimum atomic E-state index is -0.0445. The molecule has 0 aliphatic carbocycles. The molecule has 2 aromatic rings. The van der Waals surface area contributed by atoms with Gasteiger partial charge in [-0.15, -0.1) is 0 Å². The highest BCUT2D eigenvalue weighted by Crippen LogP contribution is 2.32. The number of fused-ring (bicyclic) bond motifs is 1. The number of halogens is 1. The van der Waals surface area contributed by atoms with Crippen LogP contribution in [0.5, 0.6) is 5.75 Å². The zero-order chi connectivity index (χ0) is 18.6. The summed E-state index contributed by atoms with van der Waals surface area (Å²) in [6, 6.07) is 7.78. The fourth-order valence-corrected chi connectivity index (χ4v) is 2.97. The Kier molecular flexibility index (Phi) is 6.32. The number of para-hydroxylation sites is 1. The van der Waals surface area contributed by atoms with Crippen LogP contribution in [0.3, 0.4) is 0 Å². The van der Waals surface area contributed by atoms with E-state index in [1.54, 1.807) is 19.3 Å². The van der Waals surface area contributed by atoms with Gasteiger partial charge < -0.3 is 14.1 Å². The van der Waals surface area contributed by atoms with Gasteiger partial charge in [0, 0.05) is 23.5 Å². The largest absolute Gasteiger partial charge is 0.493 e. The second-order valence-electron chi connectivity index (χ2n) is 6.30. The SMILES string of the molecule is COc1cccc2cc(C(Cl)=CC=CC(=O)N(C(C)C)C(C)C)oc12. The molecule has 2 rings (SSSR count). The number of carbonyl (C=O) groups excluding carboxylic acids is 1. The van der Waals surface area contributed by atoms with Crippen LogP contribution in [0.1, 0.15) is 33.5 Å². The van der Waals surface area contributed by atoms with Crippen molar-refractivity contribution < 1.29 is 13.9 Å². The topological polar surface area (TPSA) is 42.7 Å². The third-order valence-electron chi connectivity index (χ3n) is 3.81. The van der Waals surface area contributed by atoms with Gasteiger partial charge in [-0.25, -0.2) is 0 Å². The van der Waals surface area contributed by atoms with Crippen molar-refractivity contribution in [1.29, 1.82) is 0 Å². The molecule has 134 valence electrons. The van der Waals surface area contributed by atoms with Crippen molar-refractivity contribution in [1.82, 2.24) is 4.90 Å². The van der Waals surface area contributed by atoms with E-state index in [4.69, 9.17) is 20.8 Å². The summed E-state index contributed by atoms with van der Waals surface area (Å²) in [4.78, 5) is 14.1. The third kappa shape index (κ3) is 4.45. The molecule has 0 radical (unpaired) electrons. The van der Waals surface area contributed by atoms with E-state index in [1.807, 2.05) is 56.9 Å². The Hall–Kier alpha value is -2.20. The van der Waals surface area contributed by atoms with Crippen molar-refractivity contribution in [3.8, 4) is 5.75 Å². The van der Waals surface area contributed by atoms with E-state index in [0.29, 0.717) is 22.1 Å². The number of nitrogens with zero attached hydrogens (tertiary/aromatic N) is 1. The number of allylic oxidation sites excluding steroid dienone is 2. The van der Waals surface area contributed by atoms with Gasteiger partial charge in [-0.1, -0.05) is 29.8 Å². The van der Waals surface area contributed by atoms with Gasteiger partial charge in [0.25, 0.3) is 0 Å². The van der Waals surface area contributed by atoms with Crippen LogP contribution in [0, 0.1) is 0 Å². The molecular formula is C20H24ClNO3. The first-order valence-corrected chi connectivity index (χ1v) is 8.66. The number of hydrogen-bond acceptors (Lipinski definition) is 3. The zero-order valence-electron chi connectivity index (χ0n) is 15.2. The van der Waals surface area contributed by atoms with Gasteiger partial charge in [0.15, 0.2) is 11.3 Å². The van der Waals surface area contributed by atoms with Crippen molar-refractivity contribution in [3.63, 3.8) is 0 Å². The average molecular weight is 362 g/mol. The van der Waals surface area contributed by atoms with E-state index in [-0.39, 0.29) is 18.0 Å². The molecule has 0 spiro atoms. The maximum Gasteiger partial charge on any atom is 0.247 e. The first kappa shape index (κ1) is 19.1. The molecule has 5 heteroatoms. The fourth-order valence-electron chi connectivity index (χ4n) is 2.80. The van der Waals surface area contributed by atoms with Gasteiger partial charge in [-0.2, -0.15) is 0 Å². The van der Waals surface area contributed by atoms with E-state index in [1.165, 1.54) is 6.08 Å². The van der Waals surface area contributed by atoms with E-state index < -0.39 is 0 Å². The summed E-state index contributed by atoms with van der Waals surface area (Å²) in [5.41, 5.74) is 0.650. The molecule has 0 saturated carbocycles. The van der Waals surface area contributed by atoms with Crippen LogP contribution in [-0.2, 0) is 4.79 Å². The molecule has 0 N–H and O–H groups in total. The quantitative estimate of drug-likeness (QED) is 0.523. The molecule has 4 nitrogen and oxygen atoms in total. The minimum Gasteiger partial charge on any atom is -0.493 e. The van der Waals surface area contributed by atoms with Crippen LogP contribution in [-0.4, -0.2) is 30.0 Å². The lowest BCUT2D eigenvalue weighted by Crippen LogP contribution is -2.41. The summed E-state index contributed by atoms with van der Waals surface area (Å²) in [5.74, 6) is 1.14. The van der Waals surface area contributed by atoms with Crippen molar-refractivity contribution >= 4 is 33.5 Å². The number of carbonyl (C=O) groups is 1. The van der Waals surface area contributed by atoms with Crippen LogP contribution < -0.4 is 4.74 Å². The van der Waals surface area contributed by atoms with Crippen molar-refractivity contribution in [2.75, 3.05) is 7.11 Å². The average Bonchev–Trinajstić information content (AvgIpc) is 2.98. The highest BCUT2D eigenvalue weighted by molar-refractivity contribution is 6.48. The van der Waals surface area contributed by atoms with Gasteiger partial charge in [0.05, 0.1) is 12.1 Å². The Bertz CT molecular complexity index is 794. The first-order chi connectivity index (χ1) is 11.8. The fraction of sp³-hybridized carbons (Fsp3) is 0.350. The maximum absolute atomic E-state index is 12.3. The smallest absolute Gasteiger partial charge is 0.247 e. The Morgan fingerprint density at radius 1 is 1.24 bits per heavy atom. The number of ether oxygens (including phenoxy) is 1. The number of rotatable bonds is 6. The molecular weight excluding hydrogens is 338 g/mol. The van der Waals surface area contributed by atoms with Crippen LogP contribution in [0.2, 0.25) is 0 Å². The summed E-state index contributed by atoms with van der Waals surface area (Å²) in [6.07, 6.45) is 4.82. The summed E-state index contributed by atoms with van der Waals surface area (Å²) >= 11 is 6.31. The van der Waals surface area contributed by atoms with E-state index in [9.17, 15) is 4.79 Å². The van der Waals surface area contributed by atoms with Crippen molar-refractivity contribution in [3.05, 3.63) is 48.3 Å². The lowest BCUT2D eigenvalue weighted by atomic mass is 10.2. The lowest BCUT2D eigenvalue weighted by Gasteiger charge is -2.29. The normalized spacial score (nSPS) is 12.6. The molecule has 1 aromatic heterocycles. The molecule has 0 unspecified atom stereocenters. The van der Waals surface area contributed by atoms with Gasteiger partial charge in [-0.3, -0.25) is 4.79 Å². The molecule has 1 heterocycles. The zero-order valence-corrected chi connectivity index (χ0v) is 16.0. The lowest BCUT2D eigenvalue weighted by molar-refractivity contribution is -0.129. The standard InChI is InChI=1S/C20H24ClNO3/c1-13(2)22(14(3)4)19(23)11-7-9-16(21)18-12-15-8-6-10-17(24-5)20(15)25-18/h6-14H,1-5H3. The maximum atomic E-state index is 12.3. The minimum absolute atomic E-state index is 0.0445. The van der Waals surface area contributed by atoms with Crippen LogP contribution in [0.15, 0.2) is 46.9 Å². The number of amides is 1. The molecule has 0 bridgehead atoms. The molecule has 1 aromatic carbocycles. The van der Waals surface area contributed by atoms with E-state index in [0.717, 1.165) is 5.39 Å². The van der Waals surface area contributed by atoms with Crippen LogP contribution >= 0.6 is 11.6 Å². The molecule has 0 atom stereocenters. The van der Waals surface area contributed by atoms with Crippen molar-refractivity contribution in [2.24, 2.45) is 0 Å². The Labute approximate surface area is 153 Å². The number of hydrogen-bond donors (Lipinski definition) is 0.